The quantitative estimate of drug-likeness (QED) is 0.603. The highest BCUT2D eigenvalue weighted by Crippen LogP contribution is 2.40. The van der Waals surface area contributed by atoms with E-state index in [1.54, 1.807) is 13.2 Å². The van der Waals surface area contributed by atoms with E-state index in [-0.39, 0.29) is 5.15 Å². The number of aryl methyl sites for hydroxylation is 1. The van der Waals surface area contributed by atoms with Crippen molar-refractivity contribution in [3.8, 4) is 28.1 Å². The Balaban J connectivity index is 2.27. The first-order valence-corrected chi connectivity index (χ1v) is 8.13. The number of rotatable bonds is 3. The van der Waals surface area contributed by atoms with Crippen molar-refractivity contribution < 1.29 is 4.74 Å². The summed E-state index contributed by atoms with van der Waals surface area (Å²) in [6.07, 6.45) is 1.52. The molecular formula is C17H12Cl3N3O. The largest absolute Gasteiger partial charge is 0.497 e. The Hall–Kier alpha value is -1.88. The lowest BCUT2D eigenvalue weighted by molar-refractivity contribution is 0.415. The zero-order valence-electron chi connectivity index (χ0n) is 12.8. The first-order valence-electron chi connectivity index (χ1n) is 7.00. The lowest BCUT2D eigenvalue weighted by Gasteiger charge is -2.14. The van der Waals surface area contributed by atoms with Crippen molar-refractivity contribution in [3.05, 3.63) is 57.4 Å². The molecule has 2 aromatic heterocycles. The van der Waals surface area contributed by atoms with Crippen LogP contribution >= 0.6 is 34.8 Å². The normalized spacial score (nSPS) is 10.7. The van der Waals surface area contributed by atoms with E-state index in [0.29, 0.717) is 27.0 Å². The minimum absolute atomic E-state index is 0.225. The summed E-state index contributed by atoms with van der Waals surface area (Å²) in [5, 5.41) is 9.19. The van der Waals surface area contributed by atoms with Gasteiger partial charge in [-0.25, -0.2) is 0 Å². The van der Waals surface area contributed by atoms with Gasteiger partial charge in [-0.15, -0.1) is 5.10 Å². The van der Waals surface area contributed by atoms with E-state index in [9.17, 15) is 0 Å². The summed E-state index contributed by atoms with van der Waals surface area (Å²) >= 11 is 18.6. The van der Waals surface area contributed by atoms with Crippen LogP contribution in [-0.4, -0.2) is 22.3 Å². The van der Waals surface area contributed by atoms with Gasteiger partial charge in [0.15, 0.2) is 5.15 Å². The molecule has 0 N–H and O–H groups in total. The highest BCUT2D eigenvalue weighted by Gasteiger charge is 2.20. The molecule has 122 valence electrons. The fourth-order valence-corrected chi connectivity index (χ4v) is 3.12. The van der Waals surface area contributed by atoms with E-state index in [2.05, 4.69) is 15.2 Å². The van der Waals surface area contributed by atoms with Crippen LogP contribution in [0.15, 0.2) is 36.5 Å². The molecular weight excluding hydrogens is 369 g/mol. The minimum Gasteiger partial charge on any atom is -0.497 e. The molecule has 0 saturated heterocycles. The maximum absolute atomic E-state index is 6.33. The van der Waals surface area contributed by atoms with Gasteiger partial charge in [0.05, 0.1) is 34.1 Å². The number of nitrogens with zero attached hydrogens (tertiary/aromatic N) is 3. The molecule has 0 fully saturated rings. The van der Waals surface area contributed by atoms with Crippen LogP contribution in [0.25, 0.3) is 22.4 Å². The van der Waals surface area contributed by atoms with Gasteiger partial charge in [-0.1, -0.05) is 46.9 Å². The van der Waals surface area contributed by atoms with Gasteiger partial charge in [0.25, 0.3) is 0 Å². The van der Waals surface area contributed by atoms with Crippen molar-refractivity contribution in [1.82, 2.24) is 15.2 Å². The third kappa shape index (κ3) is 3.18. The maximum Gasteiger partial charge on any atom is 0.161 e. The predicted molar refractivity (Wildman–Crippen MR) is 97.0 cm³/mol. The fourth-order valence-electron chi connectivity index (χ4n) is 2.43. The van der Waals surface area contributed by atoms with E-state index in [1.165, 1.54) is 6.20 Å². The molecule has 0 saturated carbocycles. The second kappa shape index (κ2) is 6.93. The van der Waals surface area contributed by atoms with Crippen molar-refractivity contribution in [2.24, 2.45) is 0 Å². The highest BCUT2D eigenvalue weighted by atomic mass is 35.5. The number of hydrogen-bond acceptors (Lipinski definition) is 4. The lowest BCUT2D eigenvalue weighted by atomic mass is 9.97. The number of benzene rings is 1. The predicted octanol–water partition coefficient (Wildman–Crippen LogP) is 5.48. The van der Waals surface area contributed by atoms with Crippen LogP contribution in [0.3, 0.4) is 0 Å². The number of methoxy groups -OCH3 is 1. The first kappa shape index (κ1) is 17.0. The molecule has 7 heteroatoms. The van der Waals surface area contributed by atoms with Crippen LogP contribution in [0.5, 0.6) is 5.75 Å². The minimum atomic E-state index is 0.225. The van der Waals surface area contributed by atoms with Crippen molar-refractivity contribution in [3.63, 3.8) is 0 Å². The smallest absolute Gasteiger partial charge is 0.161 e. The number of aromatic nitrogens is 3. The molecule has 3 aromatic rings. The molecule has 0 aliphatic carbocycles. The number of hydrogen-bond donors (Lipinski definition) is 0. The zero-order chi connectivity index (χ0) is 17.3. The van der Waals surface area contributed by atoms with Crippen LogP contribution in [0.1, 0.15) is 5.69 Å². The molecule has 0 aliphatic rings. The van der Waals surface area contributed by atoms with Crippen LogP contribution in [0.2, 0.25) is 15.2 Å². The molecule has 2 heterocycles. The summed E-state index contributed by atoms with van der Waals surface area (Å²) in [5.41, 5.74) is 3.57. The van der Waals surface area contributed by atoms with Crippen molar-refractivity contribution >= 4 is 34.8 Å². The van der Waals surface area contributed by atoms with E-state index >= 15 is 0 Å². The van der Waals surface area contributed by atoms with Gasteiger partial charge < -0.3 is 4.74 Å². The second-order valence-corrected chi connectivity index (χ2v) is 6.24. The van der Waals surface area contributed by atoms with Crippen LogP contribution in [0.4, 0.5) is 0 Å². The first-order chi connectivity index (χ1) is 11.5. The third-order valence-electron chi connectivity index (χ3n) is 3.53. The van der Waals surface area contributed by atoms with Crippen LogP contribution < -0.4 is 4.74 Å². The Labute approximate surface area is 154 Å². The fraction of sp³-hybridized carbons (Fsp3) is 0.118. The molecule has 4 nitrogen and oxygen atoms in total. The summed E-state index contributed by atoms with van der Waals surface area (Å²) in [6, 6.07) is 9.20. The zero-order valence-corrected chi connectivity index (χ0v) is 15.1. The molecule has 0 bridgehead atoms. The van der Waals surface area contributed by atoms with Crippen molar-refractivity contribution in [2.45, 2.75) is 6.92 Å². The van der Waals surface area contributed by atoms with Gasteiger partial charge in [0, 0.05) is 11.8 Å². The molecule has 0 amide bonds. The summed E-state index contributed by atoms with van der Waals surface area (Å²) in [5.74, 6) is 0.758. The number of pyridine rings is 1. The van der Waals surface area contributed by atoms with Gasteiger partial charge in [-0.2, -0.15) is 5.10 Å². The summed E-state index contributed by atoms with van der Waals surface area (Å²) < 4.78 is 5.20. The highest BCUT2D eigenvalue weighted by molar-refractivity contribution is 6.37. The monoisotopic (exact) mass is 379 g/mol. The molecule has 0 atom stereocenters. The average molecular weight is 381 g/mol. The average Bonchev–Trinajstić information content (AvgIpc) is 2.57. The van der Waals surface area contributed by atoms with Gasteiger partial charge in [-0.3, -0.25) is 4.98 Å². The SMILES string of the molecule is COc1ccc(-c2c(C)nnc(Cl)c2-c2ncc(Cl)cc2Cl)cc1. The molecule has 24 heavy (non-hydrogen) atoms. The Morgan fingerprint density at radius 1 is 0.958 bits per heavy atom. The molecule has 0 unspecified atom stereocenters. The van der Waals surface area contributed by atoms with E-state index in [1.807, 2.05) is 31.2 Å². The Morgan fingerprint density at radius 2 is 1.67 bits per heavy atom. The maximum atomic E-state index is 6.33. The van der Waals surface area contributed by atoms with Crippen molar-refractivity contribution in [2.75, 3.05) is 7.11 Å². The molecule has 0 aliphatic heterocycles. The molecule has 3 rings (SSSR count). The van der Waals surface area contributed by atoms with Gasteiger partial charge >= 0.3 is 0 Å². The third-order valence-corrected chi connectivity index (χ3v) is 4.29. The van der Waals surface area contributed by atoms with Gasteiger partial charge in [0.2, 0.25) is 0 Å². The van der Waals surface area contributed by atoms with E-state index < -0.39 is 0 Å². The second-order valence-electron chi connectivity index (χ2n) is 5.04. The Morgan fingerprint density at radius 3 is 2.29 bits per heavy atom. The van der Waals surface area contributed by atoms with Crippen LogP contribution in [0, 0.1) is 6.92 Å². The lowest BCUT2D eigenvalue weighted by Crippen LogP contribution is -1.99. The molecule has 0 spiro atoms. The van der Waals surface area contributed by atoms with Crippen molar-refractivity contribution in [1.29, 1.82) is 0 Å². The topological polar surface area (TPSA) is 47.9 Å². The summed E-state index contributed by atoms with van der Waals surface area (Å²) in [4.78, 5) is 4.33. The standard InChI is InChI=1S/C17H12Cl3N3O/c1-9-14(10-3-5-12(24-2)6-4-10)15(17(20)23-22-9)16-13(19)7-11(18)8-21-16/h3-8H,1-2H3. The summed E-state index contributed by atoms with van der Waals surface area (Å²) in [6.45, 7) is 1.86. The van der Waals surface area contributed by atoms with Gasteiger partial charge in [0.1, 0.15) is 5.75 Å². The Bertz CT molecular complexity index is 898. The van der Waals surface area contributed by atoms with Gasteiger partial charge in [-0.05, 0) is 30.7 Å². The number of halogens is 3. The molecule has 0 radical (unpaired) electrons. The Kier molecular flexibility index (Phi) is 4.90. The van der Waals surface area contributed by atoms with E-state index in [0.717, 1.165) is 16.9 Å². The molecule has 1 aromatic carbocycles. The summed E-state index contributed by atoms with van der Waals surface area (Å²) in [7, 11) is 1.62. The van der Waals surface area contributed by atoms with Crippen LogP contribution in [-0.2, 0) is 0 Å². The van der Waals surface area contributed by atoms with E-state index in [4.69, 9.17) is 39.5 Å². The number of ether oxygens (including phenoxy) is 1.